The summed E-state index contributed by atoms with van der Waals surface area (Å²) in [6, 6.07) is 0. The monoisotopic (exact) mass is 232 g/mol. The van der Waals surface area contributed by atoms with Crippen LogP contribution in [-0.2, 0) is 9.47 Å². The summed E-state index contributed by atoms with van der Waals surface area (Å²) in [4.78, 5) is 0. The molecule has 1 atom stereocenters. The van der Waals surface area contributed by atoms with Gasteiger partial charge in [0.2, 0.25) is 0 Å². The number of unbranched alkanes of at least 4 members (excludes halogenated alkanes) is 1. The highest BCUT2D eigenvalue weighted by atomic mass is 35.5. The van der Waals surface area contributed by atoms with E-state index in [0.29, 0.717) is 5.92 Å². The fraction of sp³-hybridized carbons (Fsp3) is 0.833. The molecule has 0 saturated carbocycles. The van der Waals surface area contributed by atoms with Crippen molar-refractivity contribution >= 4 is 11.6 Å². The van der Waals surface area contributed by atoms with Crippen LogP contribution in [0, 0.1) is 5.92 Å². The number of hydrogen-bond donors (Lipinski definition) is 0. The highest BCUT2D eigenvalue weighted by molar-refractivity contribution is 6.17. The Bertz CT molecular complexity index is 167. The first-order valence-electron chi connectivity index (χ1n) is 5.78. The van der Waals surface area contributed by atoms with Crippen LogP contribution in [0.25, 0.3) is 0 Å². The van der Waals surface area contributed by atoms with E-state index in [-0.39, 0.29) is 6.29 Å². The zero-order valence-corrected chi connectivity index (χ0v) is 10.0. The molecule has 1 rings (SSSR count). The molecule has 1 aliphatic heterocycles. The van der Waals surface area contributed by atoms with E-state index in [9.17, 15) is 0 Å². The molecule has 0 aromatic rings. The van der Waals surface area contributed by atoms with E-state index in [1.165, 1.54) is 0 Å². The second-order valence-corrected chi connectivity index (χ2v) is 4.30. The summed E-state index contributed by atoms with van der Waals surface area (Å²) in [6.07, 6.45) is 7.51. The molecule has 0 aromatic heterocycles. The predicted molar refractivity (Wildman–Crippen MR) is 63.2 cm³/mol. The fourth-order valence-corrected chi connectivity index (χ4v) is 2.09. The topological polar surface area (TPSA) is 18.5 Å². The molecular weight excluding hydrogens is 212 g/mol. The summed E-state index contributed by atoms with van der Waals surface area (Å²) >= 11 is 5.67. The van der Waals surface area contributed by atoms with Crippen LogP contribution in [0.3, 0.4) is 0 Å². The number of ether oxygens (including phenoxy) is 2. The molecule has 0 unspecified atom stereocenters. The van der Waals surface area contributed by atoms with Gasteiger partial charge < -0.3 is 9.47 Å². The Labute approximate surface area is 97.6 Å². The lowest BCUT2D eigenvalue weighted by molar-refractivity contribution is -0.0877. The number of allylic oxidation sites excluding steroid dienone is 1. The normalized spacial score (nSPS) is 19.3. The second kappa shape index (κ2) is 8.14. The average Bonchev–Trinajstić information content (AvgIpc) is 2.76. The number of rotatable bonds is 8. The van der Waals surface area contributed by atoms with E-state index < -0.39 is 0 Å². The van der Waals surface area contributed by atoms with Gasteiger partial charge >= 0.3 is 0 Å². The van der Waals surface area contributed by atoms with Gasteiger partial charge in [0.25, 0.3) is 0 Å². The Morgan fingerprint density at radius 1 is 1.27 bits per heavy atom. The largest absolute Gasteiger partial charge is 0.350 e. The molecule has 2 nitrogen and oxygen atoms in total. The summed E-state index contributed by atoms with van der Waals surface area (Å²) in [5.74, 6) is 1.26. The van der Waals surface area contributed by atoms with E-state index in [4.69, 9.17) is 21.1 Å². The molecule has 1 aliphatic rings. The van der Waals surface area contributed by atoms with Crippen molar-refractivity contribution in [2.24, 2.45) is 5.92 Å². The first-order chi connectivity index (χ1) is 7.38. The molecule has 15 heavy (non-hydrogen) atoms. The van der Waals surface area contributed by atoms with Crippen LogP contribution in [0.15, 0.2) is 12.7 Å². The third-order valence-electron chi connectivity index (χ3n) is 2.73. The van der Waals surface area contributed by atoms with Crippen molar-refractivity contribution in [3.05, 3.63) is 12.7 Å². The van der Waals surface area contributed by atoms with Gasteiger partial charge in [-0.1, -0.05) is 12.5 Å². The van der Waals surface area contributed by atoms with Crippen LogP contribution in [0.4, 0.5) is 0 Å². The molecule has 0 N–H and O–H groups in total. The van der Waals surface area contributed by atoms with Gasteiger partial charge in [-0.3, -0.25) is 0 Å². The lowest BCUT2D eigenvalue weighted by Gasteiger charge is -2.21. The van der Waals surface area contributed by atoms with Crippen LogP contribution in [0.2, 0.25) is 0 Å². The van der Waals surface area contributed by atoms with Crippen LogP contribution in [0.5, 0.6) is 0 Å². The minimum atomic E-state index is 0.0141. The van der Waals surface area contributed by atoms with E-state index in [2.05, 4.69) is 6.58 Å². The minimum Gasteiger partial charge on any atom is -0.350 e. The lowest BCUT2D eigenvalue weighted by Crippen LogP contribution is -2.21. The number of hydrogen-bond acceptors (Lipinski definition) is 2. The van der Waals surface area contributed by atoms with Crippen molar-refractivity contribution in [3.8, 4) is 0 Å². The molecule has 0 aliphatic carbocycles. The lowest BCUT2D eigenvalue weighted by atomic mass is 9.96. The summed E-state index contributed by atoms with van der Waals surface area (Å²) < 4.78 is 11.1. The van der Waals surface area contributed by atoms with Gasteiger partial charge in [0.05, 0.1) is 13.2 Å². The van der Waals surface area contributed by atoms with Crippen molar-refractivity contribution < 1.29 is 9.47 Å². The molecule has 3 heteroatoms. The summed E-state index contributed by atoms with van der Waals surface area (Å²) in [6.45, 7) is 5.23. The molecule has 0 radical (unpaired) electrons. The Morgan fingerprint density at radius 2 is 2.00 bits per heavy atom. The molecule has 1 fully saturated rings. The molecule has 0 aromatic carbocycles. The van der Waals surface area contributed by atoms with Crippen molar-refractivity contribution in [3.63, 3.8) is 0 Å². The summed E-state index contributed by atoms with van der Waals surface area (Å²) in [7, 11) is 0. The van der Waals surface area contributed by atoms with Gasteiger partial charge in [-0.25, -0.2) is 0 Å². The maximum atomic E-state index is 5.67. The molecule has 0 spiro atoms. The van der Waals surface area contributed by atoms with Crippen LogP contribution < -0.4 is 0 Å². The zero-order valence-electron chi connectivity index (χ0n) is 9.29. The molecule has 1 heterocycles. The average molecular weight is 233 g/mol. The Balaban J connectivity index is 2.26. The van der Waals surface area contributed by atoms with E-state index in [1.54, 1.807) is 0 Å². The smallest absolute Gasteiger partial charge is 0.160 e. The van der Waals surface area contributed by atoms with Crippen molar-refractivity contribution in [2.45, 2.75) is 38.4 Å². The maximum absolute atomic E-state index is 5.67. The highest BCUT2D eigenvalue weighted by Crippen LogP contribution is 2.25. The molecule has 0 amide bonds. The maximum Gasteiger partial charge on any atom is 0.160 e. The minimum absolute atomic E-state index is 0.0141. The highest BCUT2D eigenvalue weighted by Gasteiger charge is 2.25. The third kappa shape index (κ3) is 5.01. The van der Waals surface area contributed by atoms with Gasteiger partial charge in [0, 0.05) is 11.8 Å². The van der Waals surface area contributed by atoms with Gasteiger partial charge in [0.15, 0.2) is 6.29 Å². The Kier molecular flexibility index (Phi) is 7.07. The van der Waals surface area contributed by atoms with Crippen LogP contribution >= 0.6 is 11.6 Å². The van der Waals surface area contributed by atoms with E-state index in [1.807, 2.05) is 6.08 Å². The van der Waals surface area contributed by atoms with E-state index >= 15 is 0 Å². The SMILES string of the molecule is C=CCC[C@@H](CCCCCl)C1OCCO1. The van der Waals surface area contributed by atoms with E-state index in [0.717, 1.165) is 51.2 Å². The predicted octanol–water partition coefficient (Wildman–Crippen LogP) is 3.35. The summed E-state index contributed by atoms with van der Waals surface area (Å²) in [5.41, 5.74) is 0. The van der Waals surface area contributed by atoms with Crippen LogP contribution in [0.1, 0.15) is 32.1 Å². The first kappa shape index (κ1) is 13.0. The van der Waals surface area contributed by atoms with Crippen molar-refractivity contribution in [1.82, 2.24) is 0 Å². The van der Waals surface area contributed by atoms with Crippen molar-refractivity contribution in [2.75, 3.05) is 19.1 Å². The zero-order chi connectivity index (χ0) is 10.9. The second-order valence-electron chi connectivity index (χ2n) is 3.92. The van der Waals surface area contributed by atoms with Crippen molar-refractivity contribution in [1.29, 1.82) is 0 Å². The van der Waals surface area contributed by atoms with Gasteiger partial charge in [-0.15, -0.1) is 18.2 Å². The molecule has 0 bridgehead atoms. The number of alkyl halides is 1. The van der Waals surface area contributed by atoms with Gasteiger partial charge in [-0.2, -0.15) is 0 Å². The first-order valence-corrected chi connectivity index (χ1v) is 6.32. The fourth-order valence-electron chi connectivity index (χ4n) is 1.90. The Morgan fingerprint density at radius 3 is 2.60 bits per heavy atom. The standard InChI is InChI=1S/C12H21ClO2/c1-2-3-6-11(7-4-5-8-13)12-14-9-10-15-12/h2,11-12H,1,3-10H2/t11-/m0/s1. The van der Waals surface area contributed by atoms with Gasteiger partial charge in [-0.05, 0) is 25.7 Å². The Hall–Kier alpha value is -0.0500. The van der Waals surface area contributed by atoms with Gasteiger partial charge in [0.1, 0.15) is 0 Å². The quantitative estimate of drug-likeness (QED) is 0.363. The summed E-state index contributed by atoms with van der Waals surface area (Å²) in [5, 5.41) is 0. The molecular formula is C12H21ClO2. The third-order valence-corrected chi connectivity index (χ3v) is 3.00. The van der Waals surface area contributed by atoms with Crippen LogP contribution in [-0.4, -0.2) is 25.4 Å². The number of halogens is 1. The molecule has 1 saturated heterocycles. The molecule has 88 valence electrons.